The molecular formula is C17H20B4NO3. The lowest BCUT2D eigenvalue weighted by molar-refractivity contribution is -0.122. The van der Waals surface area contributed by atoms with E-state index in [0.717, 1.165) is 18.5 Å². The average Bonchev–Trinajstić information content (AvgIpc) is 3.30. The molecule has 1 saturated heterocycles. The Kier molecular flexibility index (Phi) is 4.55. The number of nitrogens with one attached hydrogen (secondary N) is 1. The molecule has 3 rings (SSSR count). The molecule has 25 heavy (non-hydrogen) atoms. The molecule has 0 spiro atoms. The number of hydrogen-bond donors (Lipinski definition) is 1. The highest BCUT2D eigenvalue weighted by molar-refractivity contribution is 6.81. The van der Waals surface area contributed by atoms with Crippen LogP contribution in [0.25, 0.3) is 0 Å². The topological polar surface area (TPSA) is 47.6 Å². The van der Waals surface area contributed by atoms with Crippen LogP contribution < -0.4 is 14.8 Å². The molecule has 8 heteroatoms. The molecule has 1 aromatic rings. The van der Waals surface area contributed by atoms with E-state index in [1.54, 1.807) is 14.2 Å². The van der Waals surface area contributed by atoms with Crippen molar-refractivity contribution in [2.24, 2.45) is 0 Å². The maximum Gasteiger partial charge on any atom is 0.161 e. The van der Waals surface area contributed by atoms with Crippen molar-refractivity contribution in [3.63, 3.8) is 0 Å². The molecule has 1 aromatic carbocycles. The second-order valence-electron chi connectivity index (χ2n) is 7.20. The number of ether oxygens (including phenoxy) is 2. The van der Waals surface area contributed by atoms with Crippen LogP contribution in [0.1, 0.15) is 18.4 Å². The Balaban J connectivity index is 2.11. The van der Waals surface area contributed by atoms with Gasteiger partial charge in [-0.05, 0) is 60.0 Å². The van der Waals surface area contributed by atoms with Crippen LogP contribution in [0.2, 0.25) is 16.2 Å². The monoisotopic (exact) mass is 330 g/mol. The summed E-state index contributed by atoms with van der Waals surface area (Å²) in [6.07, 6.45) is 1.08. The van der Waals surface area contributed by atoms with Gasteiger partial charge in [-0.15, -0.1) is 0 Å². The fourth-order valence-electron chi connectivity index (χ4n) is 4.34. The van der Waals surface area contributed by atoms with Gasteiger partial charge in [-0.1, -0.05) is 11.9 Å². The standard InChI is InChI=1S/C17H20B4NO3/c1-22-7-6-15(10-4-5-11(24-2)12(8-10)25-3)9-16(18,19)14(23)17(20)13(15)21-17/h4-5,8,13,22H,6-7,9H2,1-3H3. The lowest BCUT2D eigenvalue weighted by atomic mass is 9.38. The van der Waals surface area contributed by atoms with Crippen LogP contribution in [0.5, 0.6) is 11.5 Å². The number of Topliss-reactive ketones (excluding diaryl/α,β-unsaturated/α-hetero) is 1. The minimum atomic E-state index is -1.46. The summed E-state index contributed by atoms with van der Waals surface area (Å²) in [5.41, 5.74) is 0.566. The number of rotatable bonds is 6. The highest BCUT2D eigenvalue weighted by atomic mass is 16.5. The number of hydrogen-bond acceptors (Lipinski definition) is 4. The first-order chi connectivity index (χ1) is 11.7. The van der Waals surface area contributed by atoms with Crippen molar-refractivity contribution < 1.29 is 14.3 Å². The summed E-state index contributed by atoms with van der Waals surface area (Å²) in [5, 5.41) is 0.662. The molecule has 0 bridgehead atoms. The van der Waals surface area contributed by atoms with Crippen molar-refractivity contribution in [3.05, 3.63) is 23.8 Å². The van der Waals surface area contributed by atoms with Gasteiger partial charge >= 0.3 is 0 Å². The molecule has 1 N–H and O–H groups in total. The van der Waals surface area contributed by atoms with Crippen LogP contribution in [-0.2, 0) is 10.2 Å². The third-order valence-electron chi connectivity index (χ3n) is 5.65. The van der Waals surface area contributed by atoms with E-state index < -0.39 is 15.8 Å². The molecule has 4 nitrogen and oxygen atoms in total. The highest BCUT2D eigenvalue weighted by Gasteiger charge is 2.70. The normalized spacial score (nSPS) is 32.4. The van der Waals surface area contributed by atoms with Gasteiger partial charge in [0.1, 0.15) is 13.1 Å². The Morgan fingerprint density at radius 1 is 1.24 bits per heavy atom. The van der Waals surface area contributed by atoms with Gasteiger partial charge in [0.2, 0.25) is 0 Å². The van der Waals surface area contributed by atoms with Crippen LogP contribution in [0.15, 0.2) is 18.2 Å². The summed E-state index contributed by atoms with van der Waals surface area (Å²) in [4.78, 5) is 12.6. The average molecular weight is 330 g/mol. The zero-order chi connectivity index (χ0) is 18.5. The second-order valence-corrected chi connectivity index (χ2v) is 7.20. The fourth-order valence-corrected chi connectivity index (χ4v) is 4.34. The van der Waals surface area contributed by atoms with Crippen LogP contribution in [0.4, 0.5) is 0 Å². The Labute approximate surface area is 154 Å². The minimum absolute atomic E-state index is 0.0980. The molecule has 1 aliphatic heterocycles. The summed E-state index contributed by atoms with van der Waals surface area (Å²) in [6, 6.07) is 5.78. The van der Waals surface area contributed by atoms with Crippen LogP contribution >= 0.6 is 0 Å². The van der Waals surface area contributed by atoms with E-state index in [2.05, 4.69) is 5.32 Å². The smallest absolute Gasteiger partial charge is 0.161 e. The summed E-state index contributed by atoms with van der Waals surface area (Å²) in [7, 11) is 25.7. The van der Waals surface area contributed by atoms with Crippen molar-refractivity contribution in [1.29, 1.82) is 0 Å². The maximum absolute atomic E-state index is 12.6. The molecule has 123 valence electrons. The molecule has 0 amide bonds. The molecule has 3 unspecified atom stereocenters. The van der Waals surface area contributed by atoms with Gasteiger partial charge in [-0.2, -0.15) is 0 Å². The minimum Gasteiger partial charge on any atom is -0.493 e. The van der Waals surface area contributed by atoms with E-state index in [-0.39, 0.29) is 11.6 Å². The molecule has 7 radical (unpaired) electrons. The third kappa shape index (κ3) is 2.73. The van der Waals surface area contributed by atoms with Gasteiger partial charge in [-0.25, -0.2) is 0 Å². The number of ketones is 1. The van der Waals surface area contributed by atoms with Crippen molar-refractivity contribution in [3.8, 4) is 11.5 Å². The molecular weight excluding hydrogens is 309 g/mol. The summed E-state index contributed by atoms with van der Waals surface area (Å²) < 4.78 is 10.8. The molecule has 3 atom stereocenters. The summed E-state index contributed by atoms with van der Waals surface area (Å²) in [5.74, 6) is 0.890. The van der Waals surface area contributed by atoms with Crippen molar-refractivity contribution in [1.82, 2.24) is 5.32 Å². The van der Waals surface area contributed by atoms with E-state index in [4.69, 9.17) is 33.0 Å². The Morgan fingerprint density at radius 2 is 1.92 bits per heavy atom. The predicted molar refractivity (Wildman–Crippen MR) is 102 cm³/mol. The second kappa shape index (κ2) is 6.15. The Hall–Kier alpha value is -1.29. The van der Waals surface area contributed by atoms with E-state index in [9.17, 15) is 4.79 Å². The maximum atomic E-state index is 12.6. The largest absolute Gasteiger partial charge is 0.493 e. The zero-order valence-electron chi connectivity index (χ0n) is 15.0. The van der Waals surface area contributed by atoms with Crippen LogP contribution in [0.3, 0.4) is 0 Å². The first kappa shape index (κ1) is 18.5. The molecule has 1 aliphatic carbocycles. The molecule has 2 fully saturated rings. The van der Waals surface area contributed by atoms with Gasteiger partial charge in [-0.3, -0.25) is 0 Å². The SMILES string of the molecule is [B]C1([B])CC(CCNC)(c2ccc(OC)c(OC)c2)C2[B]C2([B])C1=O. The zero-order valence-corrected chi connectivity index (χ0v) is 15.0. The third-order valence-corrected chi connectivity index (χ3v) is 5.65. The first-order valence-corrected chi connectivity index (χ1v) is 8.40. The molecule has 0 aromatic heterocycles. The predicted octanol–water partition coefficient (Wildman–Crippen LogP) is 0.768. The van der Waals surface area contributed by atoms with E-state index >= 15 is 0 Å². The summed E-state index contributed by atoms with van der Waals surface area (Å²) >= 11 is 0. The quantitative estimate of drug-likeness (QED) is 0.783. The molecule has 1 heterocycles. The van der Waals surface area contributed by atoms with Gasteiger partial charge in [0.05, 0.1) is 37.8 Å². The summed E-state index contributed by atoms with van der Waals surface area (Å²) in [6.45, 7) is 0.749. The van der Waals surface area contributed by atoms with Gasteiger partial charge < -0.3 is 19.6 Å². The Bertz CT molecular complexity index is 692. The fraction of sp³-hybridized carbons (Fsp3) is 0.588. The lowest BCUT2D eigenvalue weighted by Crippen LogP contribution is -2.45. The van der Waals surface area contributed by atoms with E-state index in [1.807, 2.05) is 32.5 Å². The Morgan fingerprint density at radius 3 is 2.52 bits per heavy atom. The van der Waals surface area contributed by atoms with Crippen molar-refractivity contribution in [2.75, 3.05) is 27.8 Å². The van der Waals surface area contributed by atoms with E-state index in [0.29, 0.717) is 17.9 Å². The molecule has 2 aliphatic rings. The number of carbonyl (C=O) groups excluding carboxylic acids is 1. The van der Waals surface area contributed by atoms with Crippen LogP contribution in [0, 0.1) is 0 Å². The highest BCUT2D eigenvalue weighted by Crippen LogP contribution is 2.73. The van der Waals surface area contributed by atoms with Gasteiger partial charge in [0.25, 0.3) is 0 Å². The number of methoxy groups -OCH3 is 2. The van der Waals surface area contributed by atoms with Gasteiger partial charge in [0, 0.05) is 0 Å². The van der Waals surface area contributed by atoms with Crippen molar-refractivity contribution in [2.45, 2.75) is 34.5 Å². The number of fused-ring (bicyclic) bond motifs is 1. The number of benzene rings is 1. The number of carbonyl (C=O) groups is 1. The molecule has 1 saturated carbocycles. The lowest BCUT2D eigenvalue weighted by Gasteiger charge is -2.49. The van der Waals surface area contributed by atoms with Crippen LogP contribution in [-0.4, -0.2) is 64.4 Å². The van der Waals surface area contributed by atoms with Crippen molar-refractivity contribution >= 4 is 36.6 Å². The van der Waals surface area contributed by atoms with Gasteiger partial charge in [0.15, 0.2) is 11.5 Å². The first-order valence-electron chi connectivity index (χ1n) is 8.40. The van der Waals surface area contributed by atoms with E-state index in [1.165, 1.54) is 0 Å².